The number of hydrogen-bond donors (Lipinski definition) is 0. The van der Waals surface area contributed by atoms with Crippen molar-refractivity contribution >= 4 is 43.7 Å². The number of fused-ring (bicyclic) bond motifs is 7. The maximum atomic E-state index is 6.82. The number of nitrogens with zero attached hydrogens (tertiary/aromatic N) is 4. The minimum Gasteiger partial charge on any atom is -0.454 e. The van der Waals surface area contributed by atoms with Crippen molar-refractivity contribution in [3.05, 3.63) is 170 Å². The van der Waals surface area contributed by atoms with Crippen LogP contribution in [0.1, 0.15) is 0 Å². The van der Waals surface area contributed by atoms with E-state index in [9.17, 15) is 0 Å². The van der Waals surface area contributed by atoms with Gasteiger partial charge in [-0.05, 0) is 52.6 Å². The molecule has 0 aliphatic carbocycles. The highest BCUT2D eigenvalue weighted by atomic mass is 16.3. The minimum atomic E-state index is 0.531. The lowest BCUT2D eigenvalue weighted by Crippen LogP contribution is -2.06. The Hall–Kier alpha value is -6.85. The van der Waals surface area contributed by atoms with Crippen LogP contribution < -0.4 is 0 Å². The van der Waals surface area contributed by atoms with Gasteiger partial charge in [-0.25, -0.2) is 4.98 Å². The monoisotopic (exact) mass is 640 g/mol. The number of furan rings is 1. The van der Waals surface area contributed by atoms with E-state index in [2.05, 4.69) is 132 Å². The second-order valence-corrected chi connectivity index (χ2v) is 12.5. The molecule has 0 aliphatic rings. The van der Waals surface area contributed by atoms with Crippen molar-refractivity contribution in [3.63, 3.8) is 0 Å². The third-order valence-corrected chi connectivity index (χ3v) is 9.46. The lowest BCUT2D eigenvalue weighted by molar-refractivity contribution is 0.671. The molecule has 0 saturated carbocycles. The van der Waals surface area contributed by atoms with Crippen molar-refractivity contribution in [2.24, 2.45) is 0 Å². The highest BCUT2D eigenvalue weighted by Gasteiger charge is 2.22. The Morgan fingerprint density at radius 2 is 0.940 bits per heavy atom. The molecule has 3 heterocycles. The molecule has 10 rings (SSSR count). The van der Waals surface area contributed by atoms with Gasteiger partial charge < -0.3 is 4.42 Å². The maximum Gasteiger partial charge on any atom is 0.238 e. The first kappa shape index (κ1) is 28.2. The van der Waals surface area contributed by atoms with Gasteiger partial charge in [-0.2, -0.15) is 9.97 Å². The SMILES string of the molecule is c1ccc(-c2cccc(-c3nc(-c4ccccc4)nc(-n4c5ccccc5c5ccc6c7ccc(-c8ccccc8)cc7oc6c54)n3)c2)cc1. The zero-order valence-corrected chi connectivity index (χ0v) is 26.9. The molecule has 5 heteroatoms. The van der Waals surface area contributed by atoms with Crippen molar-refractivity contribution in [2.45, 2.75) is 0 Å². The Balaban J connectivity index is 1.25. The predicted molar refractivity (Wildman–Crippen MR) is 203 cm³/mol. The molecular formula is C45H28N4O. The summed E-state index contributed by atoms with van der Waals surface area (Å²) in [6.07, 6.45) is 0. The number of rotatable bonds is 5. The molecule has 0 atom stereocenters. The highest BCUT2D eigenvalue weighted by Crippen LogP contribution is 2.41. The van der Waals surface area contributed by atoms with Gasteiger partial charge in [0.25, 0.3) is 0 Å². The summed E-state index contributed by atoms with van der Waals surface area (Å²) in [6.45, 7) is 0. The first-order chi connectivity index (χ1) is 24.8. The molecule has 3 aromatic heterocycles. The van der Waals surface area contributed by atoms with E-state index >= 15 is 0 Å². The average Bonchev–Trinajstić information content (AvgIpc) is 3.74. The molecule has 0 saturated heterocycles. The van der Waals surface area contributed by atoms with Crippen molar-refractivity contribution < 1.29 is 4.42 Å². The molecule has 10 aromatic rings. The molecule has 0 unspecified atom stereocenters. The first-order valence-electron chi connectivity index (χ1n) is 16.7. The van der Waals surface area contributed by atoms with Crippen LogP contribution in [0, 0.1) is 0 Å². The van der Waals surface area contributed by atoms with Crippen LogP contribution in [0.4, 0.5) is 0 Å². The van der Waals surface area contributed by atoms with Crippen LogP contribution in [0.3, 0.4) is 0 Å². The summed E-state index contributed by atoms with van der Waals surface area (Å²) in [5.74, 6) is 1.73. The third-order valence-electron chi connectivity index (χ3n) is 9.46. The number of para-hydroxylation sites is 1. The van der Waals surface area contributed by atoms with E-state index in [1.54, 1.807) is 0 Å². The molecule has 0 spiro atoms. The zero-order chi connectivity index (χ0) is 33.0. The van der Waals surface area contributed by atoms with Crippen molar-refractivity contribution in [1.29, 1.82) is 0 Å². The van der Waals surface area contributed by atoms with Gasteiger partial charge in [0.05, 0.1) is 5.52 Å². The Morgan fingerprint density at radius 3 is 1.68 bits per heavy atom. The Labute approximate surface area is 287 Å². The number of benzene rings is 7. The van der Waals surface area contributed by atoms with Crippen LogP contribution in [0.2, 0.25) is 0 Å². The molecule has 50 heavy (non-hydrogen) atoms. The summed E-state index contributed by atoms with van der Waals surface area (Å²) in [5, 5.41) is 4.29. The first-order valence-corrected chi connectivity index (χ1v) is 16.7. The van der Waals surface area contributed by atoms with Crippen LogP contribution in [-0.2, 0) is 0 Å². The van der Waals surface area contributed by atoms with Crippen LogP contribution >= 0.6 is 0 Å². The topological polar surface area (TPSA) is 56.7 Å². The Kier molecular flexibility index (Phi) is 6.42. The second-order valence-electron chi connectivity index (χ2n) is 12.5. The lowest BCUT2D eigenvalue weighted by atomic mass is 10.0. The van der Waals surface area contributed by atoms with Crippen LogP contribution in [0.25, 0.3) is 94.7 Å². The molecule has 5 nitrogen and oxygen atoms in total. The normalized spacial score (nSPS) is 11.6. The summed E-state index contributed by atoms with van der Waals surface area (Å²) in [6, 6.07) is 58.5. The standard InChI is InChI=1S/C45H28N4O/c1-4-13-29(14-5-1)32-19-12-20-34(27-32)44-46-43(31-17-8-3-9-18-31)47-45(48-44)49-39-22-11-10-21-35(39)37-25-26-38-36-24-23-33(30-15-6-2-7-16-30)28-40(36)50-42(38)41(37)49/h1-28H. The smallest absolute Gasteiger partial charge is 0.238 e. The predicted octanol–water partition coefficient (Wildman–Crippen LogP) is 11.5. The molecule has 0 bridgehead atoms. The summed E-state index contributed by atoms with van der Waals surface area (Å²) >= 11 is 0. The van der Waals surface area contributed by atoms with Gasteiger partial charge >= 0.3 is 0 Å². The van der Waals surface area contributed by atoms with E-state index in [0.29, 0.717) is 17.6 Å². The quantitative estimate of drug-likeness (QED) is 0.188. The second kappa shape index (κ2) is 11.4. The highest BCUT2D eigenvalue weighted by molar-refractivity contribution is 6.21. The molecule has 0 N–H and O–H groups in total. The van der Waals surface area contributed by atoms with E-state index in [4.69, 9.17) is 19.4 Å². The van der Waals surface area contributed by atoms with Gasteiger partial charge in [-0.3, -0.25) is 4.57 Å². The average molecular weight is 641 g/mol. The van der Waals surface area contributed by atoms with E-state index in [-0.39, 0.29) is 0 Å². The van der Waals surface area contributed by atoms with Gasteiger partial charge in [0.1, 0.15) is 11.1 Å². The van der Waals surface area contributed by atoms with Crippen molar-refractivity contribution in [3.8, 4) is 51.0 Å². The summed E-state index contributed by atoms with van der Waals surface area (Å²) in [7, 11) is 0. The lowest BCUT2D eigenvalue weighted by Gasteiger charge is -2.11. The molecule has 234 valence electrons. The zero-order valence-electron chi connectivity index (χ0n) is 26.9. The van der Waals surface area contributed by atoms with E-state index < -0.39 is 0 Å². The number of hydrogen-bond acceptors (Lipinski definition) is 4. The van der Waals surface area contributed by atoms with E-state index in [1.165, 1.54) is 0 Å². The fraction of sp³-hybridized carbons (Fsp3) is 0. The summed E-state index contributed by atoms with van der Waals surface area (Å²) in [4.78, 5) is 15.4. The van der Waals surface area contributed by atoms with E-state index in [1.807, 2.05) is 42.5 Å². The van der Waals surface area contributed by atoms with Crippen molar-refractivity contribution in [2.75, 3.05) is 0 Å². The van der Waals surface area contributed by atoms with Gasteiger partial charge in [-0.1, -0.05) is 140 Å². The minimum absolute atomic E-state index is 0.531. The fourth-order valence-corrected chi connectivity index (χ4v) is 7.08. The molecule has 0 amide bonds. The van der Waals surface area contributed by atoms with E-state index in [0.717, 1.165) is 77.1 Å². The van der Waals surface area contributed by atoms with Gasteiger partial charge in [0.15, 0.2) is 17.2 Å². The number of aromatic nitrogens is 4. The van der Waals surface area contributed by atoms with Crippen LogP contribution in [0.15, 0.2) is 174 Å². The Morgan fingerprint density at radius 1 is 0.380 bits per heavy atom. The van der Waals surface area contributed by atoms with Crippen LogP contribution in [-0.4, -0.2) is 19.5 Å². The molecule has 7 aromatic carbocycles. The molecule has 0 aliphatic heterocycles. The molecular weight excluding hydrogens is 613 g/mol. The Bertz CT molecular complexity index is 2860. The molecule has 0 radical (unpaired) electrons. The molecule has 0 fully saturated rings. The fourth-order valence-electron chi connectivity index (χ4n) is 7.08. The van der Waals surface area contributed by atoms with Gasteiger partial charge in [-0.15, -0.1) is 0 Å². The third kappa shape index (κ3) is 4.60. The van der Waals surface area contributed by atoms with Gasteiger partial charge in [0, 0.05) is 32.7 Å². The van der Waals surface area contributed by atoms with Crippen LogP contribution in [0.5, 0.6) is 0 Å². The maximum absolute atomic E-state index is 6.82. The largest absolute Gasteiger partial charge is 0.454 e. The summed E-state index contributed by atoms with van der Waals surface area (Å²) in [5.41, 5.74) is 9.88. The summed E-state index contributed by atoms with van der Waals surface area (Å²) < 4.78 is 8.97. The van der Waals surface area contributed by atoms with Crippen molar-refractivity contribution in [1.82, 2.24) is 19.5 Å². The van der Waals surface area contributed by atoms with Gasteiger partial charge in [0.2, 0.25) is 5.95 Å².